The quantitative estimate of drug-likeness (QED) is 0.597. The Kier molecular flexibility index (Phi) is 5.23. The standard InChI is InChI=1S/C17H14Cl2N2O2S/c1-23-11-3-5-15-12(7-11)16(8-20-15)24-9-17(22)21-10-2-4-13(18)14(19)6-10/h2-8,20H,9H2,1H3,(H,21,22). The van der Waals surface area contributed by atoms with Crippen molar-refractivity contribution >= 4 is 57.5 Å². The molecule has 0 atom stereocenters. The van der Waals surface area contributed by atoms with E-state index in [1.807, 2.05) is 24.4 Å². The number of amides is 1. The van der Waals surface area contributed by atoms with Crippen LogP contribution in [0.1, 0.15) is 0 Å². The van der Waals surface area contributed by atoms with Gasteiger partial charge in [-0.2, -0.15) is 0 Å². The van der Waals surface area contributed by atoms with E-state index < -0.39 is 0 Å². The topological polar surface area (TPSA) is 54.1 Å². The first kappa shape index (κ1) is 17.0. The predicted molar refractivity (Wildman–Crippen MR) is 101 cm³/mol. The van der Waals surface area contributed by atoms with Crippen LogP contribution >= 0.6 is 35.0 Å². The molecule has 0 bridgehead atoms. The summed E-state index contributed by atoms with van der Waals surface area (Å²) in [5.41, 5.74) is 1.62. The molecule has 0 aliphatic carbocycles. The van der Waals surface area contributed by atoms with Gasteiger partial charge in [0.25, 0.3) is 0 Å². The second-order valence-corrected chi connectivity index (χ2v) is 6.86. The van der Waals surface area contributed by atoms with Gasteiger partial charge in [-0.1, -0.05) is 23.2 Å². The summed E-state index contributed by atoms with van der Waals surface area (Å²) < 4.78 is 5.25. The minimum absolute atomic E-state index is 0.115. The van der Waals surface area contributed by atoms with E-state index in [1.54, 1.807) is 25.3 Å². The van der Waals surface area contributed by atoms with Gasteiger partial charge in [-0.05, 0) is 36.4 Å². The Morgan fingerprint density at radius 2 is 2.04 bits per heavy atom. The summed E-state index contributed by atoms with van der Waals surface area (Å²) in [7, 11) is 1.63. The smallest absolute Gasteiger partial charge is 0.234 e. The fourth-order valence-corrected chi connectivity index (χ4v) is 3.36. The molecule has 0 aliphatic heterocycles. The summed E-state index contributed by atoms with van der Waals surface area (Å²) in [5, 5.41) is 4.70. The third-order valence-corrected chi connectivity index (χ3v) is 5.21. The lowest BCUT2D eigenvalue weighted by Gasteiger charge is -2.06. The van der Waals surface area contributed by atoms with E-state index in [9.17, 15) is 4.79 Å². The van der Waals surface area contributed by atoms with Crippen molar-refractivity contribution in [2.45, 2.75) is 4.90 Å². The number of hydrogen-bond donors (Lipinski definition) is 2. The molecule has 2 aromatic carbocycles. The molecule has 1 amide bonds. The van der Waals surface area contributed by atoms with E-state index in [2.05, 4.69) is 10.3 Å². The van der Waals surface area contributed by atoms with Gasteiger partial charge in [-0.25, -0.2) is 0 Å². The van der Waals surface area contributed by atoms with Gasteiger partial charge < -0.3 is 15.0 Å². The minimum Gasteiger partial charge on any atom is -0.497 e. The minimum atomic E-state index is -0.115. The molecule has 0 saturated heterocycles. The highest BCUT2D eigenvalue weighted by Gasteiger charge is 2.09. The van der Waals surface area contributed by atoms with Gasteiger partial charge in [-0.15, -0.1) is 11.8 Å². The van der Waals surface area contributed by atoms with E-state index in [-0.39, 0.29) is 11.7 Å². The second-order valence-electron chi connectivity index (χ2n) is 5.03. The molecular weight excluding hydrogens is 367 g/mol. The normalized spacial score (nSPS) is 10.8. The highest BCUT2D eigenvalue weighted by Crippen LogP contribution is 2.31. The van der Waals surface area contributed by atoms with Gasteiger partial charge in [0.2, 0.25) is 5.91 Å². The largest absolute Gasteiger partial charge is 0.497 e. The van der Waals surface area contributed by atoms with Crippen LogP contribution in [0.15, 0.2) is 47.5 Å². The van der Waals surface area contributed by atoms with Crippen molar-refractivity contribution in [1.29, 1.82) is 0 Å². The zero-order chi connectivity index (χ0) is 17.1. The molecule has 4 nitrogen and oxygen atoms in total. The van der Waals surface area contributed by atoms with Gasteiger partial charge in [0.05, 0.1) is 22.9 Å². The zero-order valence-corrected chi connectivity index (χ0v) is 15.1. The van der Waals surface area contributed by atoms with Gasteiger partial charge in [0.15, 0.2) is 0 Å². The lowest BCUT2D eigenvalue weighted by molar-refractivity contribution is -0.113. The van der Waals surface area contributed by atoms with Crippen LogP contribution in [0.2, 0.25) is 10.0 Å². The Balaban J connectivity index is 1.66. The number of ether oxygens (including phenoxy) is 1. The molecule has 0 fully saturated rings. The Labute approximate surface area is 153 Å². The lowest BCUT2D eigenvalue weighted by atomic mass is 10.2. The maximum Gasteiger partial charge on any atom is 0.234 e. The van der Waals surface area contributed by atoms with Crippen LogP contribution in [0, 0.1) is 0 Å². The number of carbonyl (C=O) groups is 1. The fourth-order valence-electron chi connectivity index (χ4n) is 2.23. The molecule has 2 N–H and O–H groups in total. The molecule has 0 spiro atoms. The van der Waals surface area contributed by atoms with E-state index in [0.29, 0.717) is 15.7 Å². The van der Waals surface area contributed by atoms with Gasteiger partial charge >= 0.3 is 0 Å². The van der Waals surface area contributed by atoms with Crippen LogP contribution in [-0.4, -0.2) is 23.8 Å². The zero-order valence-electron chi connectivity index (χ0n) is 12.7. The van der Waals surface area contributed by atoms with Crippen LogP contribution in [-0.2, 0) is 4.79 Å². The number of hydrogen-bond acceptors (Lipinski definition) is 3. The van der Waals surface area contributed by atoms with E-state index >= 15 is 0 Å². The van der Waals surface area contributed by atoms with Crippen LogP contribution < -0.4 is 10.1 Å². The number of rotatable bonds is 5. The number of benzene rings is 2. The highest BCUT2D eigenvalue weighted by atomic mass is 35.5. The van der Waals surface area contributed by atoms with Crippen molar-refractivity contribution in [1.82, 2.24) is 4.98 Å². The van der Waals surface area contributed by atoms with Crippen molar-refractivity contribution in [2.24, 2.45) is 0 Å². The number of nitrogens with one attached hydrogen (secondary N) is 2. The second kappa shape index (κ2) is 7.38. The number of thioether (sulfide) groups is 1. The molecule has 3 rings (SSSR count). The molecule has 0 radical (unpaired) electrons. The first-order valence-electron chi connectivity index (χ1n) is 7.09. The van der Waals surface area contributed by atoms with Gasteiger partial charge in [0.1, 0.15) is 5.75 Å². The molecule has 24 heavy (non-hydrogen) atoms. The van der Waals surface area contributed by atoms with Crippen LogP contribution in [0.5, 0.6) is 5.75 Å². The molecule has 0 aliphatic rings. The number of halogens is 2. The summed E-state index contributed by atoms with van der Waals surface area (Å²) >= 11 is 13.3. The summed E-state index contributed by atoms with van der Waals surface area (Å²) in [6.45, 7) is 0. The van der Waals surface area contributed by atoms with Gasteiger partial charge in [0, 0.05) is 27.7 Å². The Morgan fingerprint density at radius 1 is 1.21 bits per heavy atom. The lowest BCUT2D eigenvalue weighted by Crippen LogP contribution is -2.13. The number of fused-ring (bicyclic) bond motifs is 1. The maximum atomic E-state index is 12.1. The number of aromatic amines is 1. The number of anilines is 1. The number of H-pyrrole nitrogens is 1. The molecule has 0 saturated carbocycles. The third kappa shape index (κ3) is 3.80. The first-order valence-corrected chi connectivity index (χ1v) is 8.84. The van der Waals surface area contributed by atoms with Crippen LogP contribution in [0.3, 0.4) is 0 Å². The van der Waals surface area contributed by atoms with Crippen molar-refractivity contribution < 1.29 is 9.53 Å². The molecule has 7 heteroatoms. The molecule has 3 aromatic rings. The number of carbonyl (C=O) groups excluding carboxylic acids is 1. The van der Waals surface area contributed by atoms with E-state index in [1.165, 1.54) is 11.8 Å². The monoisotopic (exact) mass is 380 g/mol. The SMILES string of the molecule is COc1ccc2[nH]cc(SCC(=O)Nc3ccc(Cl)c(Cl)c3)c2c1. The van der Waals surface area contributed by atoms with E-state index in [0.717, 1.165) is 21.5 Å². The summed E-state index contributed by atoms with van der Waals surface area (Å²) in [6, 6.07) is 10.8. The molecule has 1 aromatic heterocycles. The molecule has 1 heterocycles. The van der Waals surface area contributed by atoms with Crippen molar-refractivity contribution in [3.63, 3.8) is 0 Å². The maximum absolute atomic E-state index is 12.1. The average molecular weight is 381 g/mol. The van der Waals surface area contributed by atoms with Crippen molar-refractivity contribution in [2.75, 3.05) is 18.2 Å². The summed E-state index contributed by atoms with van der Waals surface area (Å²) in [4.78, 5) is 16.3. The third-order valence-electron chi connectivity index (χ3n) is 3.41. The average Bonchev–Trinajstić information content (AvgIpc) is 2.98. The summed E-state index contributed by atoms with van der Waals surface area (Å²) in [6.07, 6.45) is 1.89. The molecular formula is C17H14Cl2N2O2S. The van der Waals surface area contributed by atoms with Crippen molar-refractivity contribution in [3.8, 4) is 5.75 Å². The van der Waals surface area contributed by atoms with Gasteiger partial charge in [-0.3, -0.25) is 4.79 Å². The van der Waals surface area contributed by atoms with Crippen molar-refractivity contribution in [3.05, 3.63) is 52.6 Å². The Bertz CT molecular complexity index is 895. The fraction of sp³-hybridized carbons (Fsp3) is 0.118. The summed E-state index contributed by atoms with van der Waals surface area (Å²) in [5.74, 6) is 0.949. The predicted octanol–water partition coefficient (Wildman–Crippen LogP) is 5.21. The highest BCUT2D eigenvalue weighted by molar-refractivity contribution is 8.00. The van der Waals surface area contributed by atoms with Crippen LogP contribution in [0.4, 0.5) is 5.69 Å². The molecule has 124 valence electrons. The first-order chi connectivity index (χ1) is 11.6. The van der Waals surface area contributed by atoms with Crippen LogP contribution in [0.25, 0.3) is 10.9 Å². The Morgan fingerprint density at radius 3 is 2.79 bits per heavy atom. The Hall–Kier alpha value is -1.82. The number of methoxy groups -OCH3 is 1. The number of aromatic nitrogens is 1. The van der Waals surface area contributed by atoms with E-state index in [4.69, 9.17) is 27.9 Å². The molecule has 0 unspecified atom stereocenters.